The lowest BCUT2D eigenvalue weighted by molar-refractivity contribution is -0.137. The minimum Gasteiger partial charge on any atom is -0.350 e. The molecule has 0 fully saturated rings. The van der Waals surface area contributed by atoms with Gasteiger partial charge in [0.1, 0.15) is 5.03 Å². The fourth-order valence-corrected chi connectivity index (χ4v) is 3.56. The molecular weight excluding hydrogens is 465 g/mol. The standard InChI is InChI=1S/C21H16ClF3N4O2S/c1-2-26-20(31)18-27-10-9-17(29-18)32-14-6-4-13(5-7-14)28-19(30)12-3-8-16(22)15(11-12)21(23,24)25/h3-11H,2H2,1H3,(H,26,31)(H,28,30). The molecule has 0 saturated carbocycles. The Kier molecular flexibility index (Phi) is 7.37. The lowest BCUT2D eigenvalue weighted by atomic mass is 10.1. The van der Waals surface area contributed by atoms with Crippen molar-refractivity contribution in [3.8, 4) is 0 Å². The second-order valence-electron chi connectivity index (χ2n) is 6.35. The van der Waals surface area contributed by atoms with Crippen molar-refractivity contribution in [3.05, 3.63) is 76.7 Å². The molecule has 0 radical (unpaired) electrons. The number of amides is 2. The van der Waals surface area contributed by atoms with Crippen molar-refractivity contribution in [1.29, 1.82) is 0 Å². The van der Waals surface area contributed by atoms with E-state index in [0.29, 0.717) is 23.3 Å². The van der Waals surface area contributed by atoms with Gasteiger partial charge in [-0.3, -0.25) is 9.59 Å². The van der Waals surface area contributed by atoms with Crippen molar-refractivity contribution in [2.45, 2.75) is 23.0 Å². The van der Waals surface area contributed by atoms with E-state index in [1.807, 2.05) is 0 Å². The van der Waals surface area contributed by atoms with Gasteiger partial charge >= 0.3 is 6.18 Å². The van der Waals surface area contributed by atoms with Crippen LogP contribution in [0.1, 0.15) is 33.5 Å². The molecule has 2 aromatic carbocycles. The number of rotatable bonds is 6. The number of hydrogen-bond acceptors (Lipinski definition) is 5. The average molecular weight is 481 g/mol. The number of anilines is 1. The summed E-state index contributed by atoms with van der Waals surface area (Å²) in [5, 5.41) is 5.25. The largest absolute Gasteiger partial charge is 0.417 e. The summed E-state index contributed by atoms with van der Waals surface area (Å²) in [7, 11) is 0. The predicted molar refractivity (Wildman–Crippen MR) is 115 cm³/mol. The van der Waals surface area contributed by atoms with Crippen molar-refractivity contribution >= 4 is 40.9 Å². The van der Waals surface area contributed by atoms with Gasteiger partial charge < -0.3 is 10.6 Å². The molecule has 6 nitrogen and oxygen atoms in total. The van der Waals surface area contributed by atoms with E-state index in [1.165, 1.54) is 24.0 Å². The zero-order valence-electron chi connectivity index (χ0n) is 16.5. The van der Waals surface area contributed by atoms with Gasteiger partial charge in [0.25, 0.3) is 11.8 Å². The lowest BCUT2D eigenvalue weighted by Crippen LogP contribution is -2.24. The third-order valence-corrected chi connectivity index (χ3v) is 5.31. The molecule has 0 saturated heterocycles. The molecule has 3 aromatic rings. The molecule has 11 heteroatoms. The Morgan fingerprint density at radius 2 is 1.78 bits per heavy atom. The van der Waals surface area contributed by atoms with E-state index in [1.54, 1.807) is 37.3 Å². The van der Waals surface area contributed by atoms with E-state index < -0.39 is 22.7 Å². The Balaban J connectivity index is 1.68. The Morgan fingerprint density at radius 1 is 1.06 bits per heavy atom. The zero-order valence-corrected chi connectivity index (χ0v) is 18.1. The first-order valence-corrected chi connectivity index (χ1v) is 10.4. The van der Waals surface area contributed by atoms with Crippen LogP contribution in [0.5, 0.6) is 0 Å². The van der Waals surface area contributed by atoms with Crippen LogP contribution < -0.4 is 10.6 Å². The monoisotopic (exact) mass is 480 g/mol. The number of aromatic nitrogens is 2. The van der Waals surface area contributed by atoms with Gasteiger partial charge in [-0.2, -0.15) is 13.2 Å². The van der Waals surface area contributed by atoms with Crippen LogP contribution in [-0.4, -0.2) is 28.3 Å². The Morgan fingerprint density at radius 3 is 2.44 bits per heavy atom. The second kappa shape index (κ2) is 10.0. The third kappa shape index (κ3) is 5.98. The summed E-state index contributed by atoms with van der Waals surface area (Å²) < 4.78 is 39.0. The molecule has 2 amide bonds. The van der Waals surface area contributed by atoms with Gasteiger partial charge in [-0.05, 0) is 55.5 Å². The van der Waals surface area contributed by atoms with Crippen LogP contribution in [0.2, 0.25) is 5.02 Å². The van der Waals surface area contributed by atoms with Gasteiger partial charge in [0.05, 0.1) is 10.6 Å². The second-order valence-corrected chi connectivity index (χ2v) is 7.85. The van der Waals surface area contributed by atoms with Crippen molar-refractivity contribution < 1.29 is 22.8 Å². The minimum absolute atomic E-state index is 0.0573. The maximum atomic E-state index is 13.0. The Bertz CT molecular complexity index is 1140. The van der Waals surface area contributed by atoms with Gasteiger partial charge in [0.2, 0.25) is 5.82 Å². The highest BCUT2D eigenvalue weighted by Gasteiger charge is 2.33. The van der Waals surface area contributed by atoms with Crippen LogP contribution in [-0.2, 0) is 6.18 Å². The molecule has 0 atom stereocenters. The fourth-order valence-electron chi connectivity index (χ4n) is 2.56. The molecule has 0 unspecified atom stereocenters. The number of carbonyl (C=O) groups is 2. The number of alkyl halides is 3. The van der Waals surface area contributed by atoms with Crippen molar-refractivity contribution in [3.63, 3.8) is 0 Å². The number of carbonyl (C=O) groups excluding carboxylic acids is 2. The summed E-state index contributed by atoms with van der Waals surface area (Å²) in [5.41, 5.74) is -0.844. The Labute approximate surface area is 190 Å². The first kappa shape index (κ1) is 23.6. The summed E-state index contributed by atoms with van der Waals surface area (Å²) in [4.78, 5) is 33.1. The maximum Gasteiger partial charge on any atom is 0.417 e. The van der Waals surface area contributed by atoms with E-state index >= 15 is 0 Å². The highest BCUT2D eigenvalue weighted by atomic mass is 35.5. The van der Waals surface area contributed by atoms with Gasteiger partial charge in [0, 0.05) is 28.9 Å². The third-order valence-electron chi connectivity index (χ3n) is 4.04. The van der Waals surface area contributed by atoms with Crippen LogP contribution in [0, 0.1) is 0 Å². The van der Waals surface area contributed by atoms with Gasteiger partial charge in [0.15, 0.2) is 0 Å². The highest BCUT2D eigenvalue weighted by Crippen LogP contribution is 2.35. The number of hydrogen-bond donors (Lipinski definition) is 2. The number of nitrogens with zero attached hydrogens (tertiary/aromatic N) is 2. The Hall–Kier alpha value is -3.11. The average Bonchev–Trinajstić information content (AvgIpc) is 2.75. The first-order chi connectivity index (χ1) is 15.2. The molecule has 0 aliphatic rings. The number of halogens is 4. The smallest absolute Gasteiger partial charge is 0.350 e. The van der Waals surface area contributed by atoms with Crippen LogP contribution in [0.3, 0.4) is 0 Å². The van der Waals surface area contributed by atoms with Gasteiger partial charge in [-0.1, -0.05) is 23.4 Å². The van der Waals surface area contributed by atoms with E-state index in [9.17, 15) is 22.8 Å². The summed E-state index contributed by atoms with van der Waals surface area (Å²) in [6.07, 6.45) is -3.18. The van der Waals surface area contributed by atoms with Gasteiger partial charge in [-0.15, -0.1) is 0 Å². The van der Waals surface area contributed by atoms with Crippen molar-refractivity contribution in [2.75, 3.05) is 11.9 Å². The molecule has 2 N–H and O–H groups in total. The minimum atomic E-state index is -4.66. The first-order valence-electron chi connectivity index (χ1n) is 9.24. The number of benzene rings is 2. The van der Waals surface area contributed by atoms with E-state index in [0.717, 1.165) is 11.0 Å². The van der Waals surface area contributed by atoms with Crippen molar-refractivity contribution in [1.82, 2.24) is 15.3 Å². The summed E-state index contributed by atoms with van der Waals surface area (Å²) >= 11 is 6.87. The molecular formula is C21H16ClF3N4O2S. The molecule has 1 aromatic heterocycles. The molecule has 166 valence electrons. The molecule has 0 aliphatic heterocycles. The quantitative estimate of drug-likeness (QED) is 0.468. The number of nitrogens with one attached hydrogen (secondary N) is 2. The molecule has 0 aliphatic carbocycles. The van der Waals surface area contributed by atoms with Crippen LogP contribution in [0.25, 0.3) is 0 Å². The molecule has 0 spiro atoms. The van der Waals surface area contributed by atoms with Gasteiger partial charge in [-0.25, -0.2) is 9.97 Å². The molecule has 3 rings (SSSR count). The summed E-state index contributed by atoms with van der Waals surface area (Å²) in [6.45, 7) is 2.25. The molecule has 0 bridgehead atoms. The lowest BCUT2D eigenvalue weighted by Gasteiger charge is -2.11. The van der Waals surface area contributed by atoms with Crippen LogP contribution in [0.4, 0.5) is 18.9 Å². The topological polar surface area (TPSA) is 84.0 Å². The zero-order chi connectivity index (χ0) is 23.3. The normalized spacial score (nSPS) is 11.2. The van der Waals surface area contributed by atoms with E-state index in [2.05, 4.69) is 20.6 Å². The van der Waals surface area contributed by atoms with Crippen LogP contribution in [0.15, 0.2) is 64.6 Å². The molecule has 1 heterocycles. The predicted octanol–water partition coefficient (Wildman–Crippen LogP) is 5.30. The van der Waals surface area contributed by atoms with Crippen molar-refractivity contribution in [2.24, 2.45) is 0 Å². The summed E-state index contributed by atoms with van der Waals surface area (Å²) in [5.74, 6) is -1.01. The summed E-state index contributed by atoms with van der Waals surface area (Å²) in [6, 6.07) is 11.2. The van der Waals surface area contributed by atoms with E-state index in [-0.39, 0.29) is 17.3 Å². The van der Waals surface area contributed by atoms with E-state index in [4.69, 9.17) is 11.6 Å². The molecule has 32 heavy (non-hydrogen) atoms. The fraction of sp³-hybridized carbons (Fsp3) is 0.143. The SMILES string of the molecule is CCNC(=O)c1nccc(Sc2ccc(NC(=O)c3ccc(Cl)c(C(F)(F)F)c3)cc2)n1. The highest BCUT2D eigenvalue weighted by molar-refractivity contribution is 7.99. The van der Waals surface area contributed by atoms with Crippen LogP contribution >= 0.6 is 23.4 Å². The maximum absolute atomic E-state index is 13.0.